The molecule has 0 spiro atoms. The zero-order valence-electron chi connectivity index (χ0n) is 14.0. The summed E-state index contributed by atoms with van der Waals surface area (Å²) in [7, 11) is 3.12. The molecule has 0 saturated heterocycles. The lowest BCUT2D eigenvalue weighted by atomic mass is 10.2. The monoisotopic (exact) mass is 327 g/mol. The molecule has 0 atom stereocenters. The standard InChI is InChI=1S/C19H21NO4/c1-4-24-16-8-5-14(6-9-16)7-10-19(21)20-15-11-17(22-2)13-18(12-15)23-3/h5-13H,4H2,1-3H3,(H,20,21)/b10-7+. The fraction of sp³-hybridized carbons (Fsp3) is 0.211. The third-order valence-corrected chi connectivity index (χ3v) is 3.24. The molecule has 2 aromatic rings. The molecule has 0 aromatic heterocycles. The van der Waals surface area contributed by atoms with E-state index in [0.717, 1.165) is 11.3 Å². The highest BCUT2D eigenvalue weighted by Gasteiger charge is 2.04. The van der Waals surface area contributed by atoms with Crippen LogP contribution in [0.4, 0.5) is 5.69 Å². The van der Waals surface area contributed by atoms with E-state index in [2.05, 4.69) is 5.32 Å². The molecule has 2 rings (SSSR count). The van der Waals surface area contributed by atoms with Gasteiger partial charge in [-0.15, -0.1) is 0 Å². The number of benzene rings is 2. The van der Waals surface area contributed by atoms with Gasteiger partial charge in [-0.1, -0.05) is 12.1 Å². The van der Waals surface area contributed by atoms with Crippen molar-refractivity contribution in [1.29, 1.82) is 0 Å². The normalized spacial score (nSPS) is 10.5. The van der Waals surface area contributed by atoms with Gasteiger partial charge in [0.1, 0.15) is 17.2 Å². The number of rotatable bonds is 7. The number of anilines is 1. The summed E-state index contributed by atoms with van der Waals surface area (Å²) in [5.74, 6) is 1.79. The zero-order valence-corrected chi connectivity index (χ0v) is 14.0. The van der Waals surface area contributed by atoms with E-state index in [1.807, 2.05) is 31.2 Å². The second-order valence-electron chi connectivity index (χ2n) is 4.93. The van der Waals surface area contributed by atoms with Crippen molar-refractivity contribution < 1.29 is 19.0 Å². The Hall–Kier alpha value is -2.95. The van der Waals surface area contributed by atoms with Crippen LogP contribution < -0.4 is 19.5 Å². The summed E-state index contributed by atoms with van der Waals surface area (Å²) in [5.41, 5.74) is 1.52. The first kappa shape index (κ1) is 17.4. The largest absolute Gasteiger partial charge is 0.497 e. The van der Waals surface area contributed by atoms with Gasteiger partial charge in [-0.25, -0.2) is 0 Å². The van der Waals surface area contributed by atoms with Gasteiger partial charge in [-0.05, 0) is 30.7 Å². The average Bonchev–Trinajstić information content (AvgIpc) is 2.61. The Kier molecular flexibility index (Phi) is 6.25. The van der Waals surface area contributed by atoms with Gasteiger partial charge in [0, 0.05) is 30.0 Å². The minimum atomic E-state index is -0.237. The van der Waals surface area contributed by atoms with Crippen molar-refractivity contribution in [2.24, 2.45) is 0 Å². The van der Waals surface area contributed by atoms with Crippen molar-refractivity contribution in [3.63, 3.8) is 0 Å². The Bertz CT molecular complexity index is 686. The van der Waals surface area contributed by atoms with Gasteiger partial charge in [0.25, 0.3) is 0 Å². The minimum Gasteiger partial charge on any atom is -0.497 e. The number of nitrogens with one attached hydrogen (secondary N) is 1. The summed E-state index contributed by atoms with van der Waals surface area (Å²) in [6.07, 6.45) is 3.21. The smallest absolute Gasteiger partial charge is 0.248 e. The summed E-state index contributed by atoms with van der Waals surface area (Å²) < 4.78 is 15.7. The Morgan fingerprint density at radius 3 is 2.17 bits per heavy atom. The van der Waals surface area contributed by atoms with Crippen molar-refractivity contribution in [2.45, 2.75) is 6.92 Å². The van der Waals surface area contributed by atoms with Crippen LogP contribution in [0.5, 0.6) is 17.2 Å². The van der Waals surface area contributed by atoms with E-state index in [1.165, 1.54) is 6.08 Å². The van der Waals surface area contributed by atoms with Crippen molar-refractivity contribution in [3.8, 4) is 17.2 Å². The number of hydrogen-bond acceptors (Lipinski definition) is 4. The molecule has 0 heterocycles. The first-order valence-corrected chi connectivity index (χ1v) is 7.59. The van der Waals surface area contributed by atoms with E-state index in [-0.39, 0.29) is 5.91 Å². The SMILES string of the molecule is CCOc1ccc(/C=C/C(=O)Nc2cc(OC)cc(OC)c2)cc1. The molecular weight excluding hydrogens is 306 g/mol. The topological polar surface area (TPSA) is 56.8 Å². The molecule has 24 heavy (non-hydrogen) atoms. The number of hydrogen-bond donors (Lipinski definition) is 1. The van der Waals surface area contributed by atoms with Crippen LogP contribution >= 0.6 is 0 Å². The molecular formula is C19H21NO4. The molecule has 1 N–H and O–H groups in total. The highest BCUT2D eigenvalue weighted by molar-refractivity contribution is 6.02. The van der Waals surface area contributed by atoms with Gasteiger partial charge in [-0.2, -0.15) is 0 Å². The molecule has 5 heteroatoms. The quantitative estimate of drug-likeness (QED) is 0.787. The lowest BCUT2D eigenvalue weighted by Crippen LogP contribution is -2.08. The van der Waals surface area contributed by atoms with Crippen LogP contribution in [0.1, 0.15) is 12.5 Å². The highest BCUT2D eigenvalue weighted by Crippen LogP contribution is 2.25. The second kappa shape index (κ2) is 8.62. The average molecular weight is 327 g/mol. The molecule has 0 unspecified atom stereocenters. The van der Waals surface area contributed by atoms with Crippen molar-refractivity contribution in [1.82, 2.24) is 0 Å². The molecule has 0 bridgehead atoms. The first-order valence-electron chi connectivity index (χ1n) is 7.59. The van der Waals surface area contributed by atoms with Gasteiger partial charge < -0.3 is 19.5 Å². The fourth-order valence-electron chi connectivity index (χ4n) is 2.08. The predicted octanol–water partition coefficient (Wildman–Crippen LogP) is 3.75. The highest BCUT2D eigenvalue weighted by atomic mass is 16.5. The maximum absolute atomic E-state index is 12.1. The molecule has 0 fully saturated rings. The summed E-state index contributed by atoms with van der Waals surface area (Å²) in [5, 5.41) is 2.78. The maximum Gasteiger partial charge on any atom is 0.248 e. The van der Waals surface area contributed by atoms with Crippen LogP contribution in [0, 0.1) is 0 Å². The van der Waals surface area contributed by atoms with Crippen LogP contribution in [0.2, 0.25) is 0 Å². The van der Waals surface area contributed by atoms with Crippen LogP contribution in [0.3, 0.4) is 0 Å². The third-order valence-electron chi connectivity index (χ3n) is 3.24. The van der Waals surface area contributed by atoms with Gasteiger partial charge in [0.2, 0.25) is 5.91 Å². The first-order chi connectivity index (χ1) is 11.6. The van der Waals surface area contributed by atoms with Gasteiger partial charge >= 0.3 is 0 Å². The van der Waals surface area contributed by atoms with Crippen molar-refractivity contribution >= 4 is 17.7 Å². The van der Waals surface area contributed by atoms with E-state index >= 15 is 0 Å². The minimum absolute atomic E-state index is 0.237. The Labute approximate surface area is 141 Å². The Balaban J connectivity index is 2.02. The van der Waals surface area contributed by atoms with Crippen molar-refractivity contribution in [2.75, 3.05) is 26.1 Å². The lowest BCUT2D eigenvalue weighted by Gasteiger charge is -2.08. The summed E-state index contributed by atoms with van der Waals surface area (Å²) in [6, 6.07) is 12.7. The summed E-state index contributed by atoms with van der Waals surface area (Å²) in [4.78, 5) is 12.1. The van der Waals surface area contributed by atoms with Crippen LogP contribution in [0.15, 0.2) is 48.5 Å². The van der Waals surface area contributed by atoms with E-state index in [1.54, 1.807) is 38.5 Å². The number of carbonyl (C=O) groups is 1. The molecule has 1 amide bonds. The Morgan fingerprint density at radius 2 is 1.62 bits per heavy atom. The molecule has 5 nitrogen and oxygen atoms in total. The Morgan fingerprint density at radius 1 is 1.00 bits per heavy atom. The second-order valence-corrected chi connectivity index (χ2v) is 4.93. The number of amides is 1. The van der Waals surface area contributed by atoms with Gasteiger partial charge in [0.05, 0.1) is 20.8 Å². The van der Waals surface area contributed by atoms with E-state index in [4.69, 9.17) is 14.2 Å². The lowest BCUT2D eigenvalue weighted by molar-refractivity contribution is -0.111. The molecule has 0 aliphatic heterocycles. The van der Waals surface area contributed by atoms with Crippen LogP contribution in [-0.2, 0) is 4.79 Å². The molecule has 0 radical (unpaired) electrons. The summed E-state index contributed by atoms with van der Waals surface area (Å²) in [6.45, 7) is 2.56. The molecule has 2 aromatic carbocycles. The van der Waals surface area contributed by atoms with Gasteiger partial charge in [0.15, 0.2) is 0 Å². The zero-order chi connectivity index (χ0) is 17.4. The third kappa shape index (κ3) is 5.05. The molecule has 0 aliphatic carbocycles. The van der Waals surface area contributed by atoms with Crippen molar-refractivity contribution in [3.05, 3.63) is 54.1 Å². The fourth-order valence-corrected chi connectivity index (χ4v) is 2.08. The number of ether oxygens (including phenoxy) is 3. The van der Waals surface area contributed by atoms with Gasteiger partial charge in [-0.3, -0.25) is 4.79 Å². The van der Waals surface area contributed by atoms with E-state index in [9.17, 15) is 4.79 Å². The van der Waals surface area contributed by atoms with E-state index in [0.29, 0.717) is 23.8 Å². The van der Waals surface area contributed by atoms with E-state index < -0.39 is 0 Å². The summed E-state index contributed by atoms with van der Waals surface area (Å²) >= 11 is 0. The maximum atomic E-state index is 12.1. The predicted molar refractivity (Wildman–Crippen MR) is 94.8 cm³/mol. The molecule has 126 valence electrons. The molecule has 0 saturated carbocycles. The van der Waals surface area contributed by atoms with Crippen LogP contribution in [-0.4, -0.2) is 26.7 Å². The molecule has 0 aliphatic rings. The van der Waals surface area contributed by atoms with Crippen LogP contribution in [0.25, 0.3) is 6.08 Å². The number of methoxy groups -OCH3 is 2. The number of carbonyl (C=O) groups excluding carboxylic acids is 1.